The van der Waals surface area contributed by atoms with Crippen molar-refractivity contribution in [3.8, 4) is 0 Å². The van der Waals surface area contributed by atoms with Gasteiger partial charge < -0.3 is 14.9 Å². The van der Waals surface area contributed by atoms with Crippen LogP contribution in [-0.2, 0) is 6.42 Å². The molecular weight excluding hydrogens is 201 g/mol. The maximum Gasteiger partial charge on any atom is 0.488 e. The molecule has 0 heterocycles. The van der Waals surface area contributed by atoms with Gasteiger partial charge >= 0.3 is 7.12 Å². The molecule has 0 aliphatic heterocycles. The highest BCUT2D eigenvalue weighted by Crippen LogP contribution is 2.19. The Labute approximate surface area is 97.9 Å². The first-order valence-corrected chi connectivity index (χ1v) is 5.87. The van der Waals surface area contributed by atoms with E-state index in [-0.39, 0.29) is 0 Å². The summed E-state index contributed by atoms with van der Waals surface area (Å²) >= 11 is 0. The lowest BCUT2D eigenvalue weighted by atomic mass is 9.79. The Morgan fingerprint density at radius 1 is 1.12 bits per heavy atom. The third kappa shape index (κ3) is 2.77. The zero-order chi connectivity index (χ0) is 12.1. The topological polar surface area (TPSA) is 43.7 Å². The minimum Gasteiger partial charge on any atom is -0.423 e. The van der Waals surface area contributed by atoms with Gasteiger partial charge in [0.05, 0.1) is 0 Å². The summed E-state index contributed by atoms with van der Waals surface area (Å²) in [6.07, 6.45) is 0.895. The van der Waals surface area contributed by atoms with Crippen molar-refractivity contribution in [3.63, 3.8) is 0 Å². The molecule has 0 radical (unpaired) electrons. The maximum atomic E-state index is 9.13. The zero-order valence-corrected chi connectivity index (χ0v) is 10.3. The number of hydrogen-bond acceptors (Lipinski definition) is 3. The molecule has 1 rings (SSSR count). The quantitative estimate of drug-likeness (QED) is 0.722. The third-order valence-corrected chi connectivity index (χ3v) is 2.89. The van der Waals surface area contributed by atoms with Crippen LogP contribution in [0.3, 0.4) is 0 Å². The van der Waals surface area contributed by atoms with E-state index in [4.69, 9.17) is 10.0 Å². The largest absolute Gasteiger partial charge is 0.488 e. The summed E-state index contributed by atoms with van der Waals surface area (Å²) in [7, 11) is -1.38. The smallest absolute Gasteiger partial charge is 0.423 e. The van der Waals surface area contributed by atoms with Crippen molar-refractivity contribution in [2.24, 2.45) is 0 Å². The second-order valence-electron chi connectivity index (χ2n) is 3.79. The van der Waals surface area contributed by atoms with E-state index in [2.05, 4.69) is 25.7 Å². The summed E-state index contributed by atoms with van der Waals surface area (Å²) in [6.45, 7) is 8.25. The molecule has 0 spiro atoms. The minimum absolute atomic E-state index is 0.563. The van der Waals surface area contributed by atoms with Gasteiger partial charge in [0, 0.05) is 18.8 Å². The predicted octanol–water partition coefficient (Wildman–Crippen LogP) is 0.775. The molecule has 88 valence electrons. The van der Waals surface area contributed by atoms with Crippen molar-refractivity contribution in [3.05, 3.63) is 23.8 Å². The van der Waals surface area contributed by atoms with Crippen LogP contribution in [0.5, 0.6) is 0 Å². The highest BCUT2D eigenvalue weighted by atomic mass is 16.4. The lowest BCUT2D eigenvalue weighted by molar-refractivity contribution is 0.425. The normalized spacial score (nSPS) is 10.3. The number of nitrogens with zero attached hydrogens (tertiary/aromatic N) is 1. The molecule has 1 aromatic carbocycles. The van der Waals surface area contributed by atoms with Crippen LogP contribution in [0, 0.1) is 0 Å². The summed E-state index contributed by atoms with van der Waals surface area (Å²) in [6, 6.07) is 5.62. The molecule has 4 heteroatoms. The number of anilines is 1. The second-order valence-corrected chi connectivity index (χ2v) is 3.79. The van der Waals surface area contributed by atoms with Gasteiger partial charge in [0.1, 0.15) is 0 Å². The number of benzene rings is 1. The van der Waals surface area contributed by atoms with Gasteiger partial charge in [-0.25, -0.2) is 0 Å². The Bertz CT molecular complexity index is 338. The Balaban J connectivity index is 3.10. The molecule has 0 aromatic heterocycles. The van der Waals surface area contributed by atoms with E-state index in [1.807, 2.05) is 12.1 Å². The summed E-state index contributed by atoms with van der Waals surface area (Å²) in [4.78, 5) is 2.27. The first-order chi connectivity index (χ1) is 7.63. The molecular formula is C12H20BNO2. The highest BCUT2D eigenvalue weighted by Gasteiger charge is 2.14. The van der Waals surface area contributed by atoms with Crippen LogP contribution in [0.2, 0.25) is 0 Å². The first-order valence-electron chi connectivity index (χ1n) is 5.87. The average Bonchev–Trinajstić information content (AvgIpc) is 2.30. The van der Waals surface area contributed by atoms with Gasteiger partial charge in [-0.3, -0.25) is 0 Å². The van der Waals surface area contributed by atoms with Crippen LogP contribution in [-0.4, -0.2) is 30.3 Å². The molecule has 0 fully saturated rings. The maximum absolute atomic E-state index is 9.13. The standard InChI is InChI=1S/C12H20BNO2/c1-4-10-9-11(13(15)16)7-8-12(10)14(5-2)6-3/h7-9,15-16H,4-6H2,1-3H3. The monoisotopic (exact) mass is 221 g/mol. The number of aryl methyl sites for hydroxylation is 1. The van der Waals surface area contributed by atoms with E-state index in [9.17, 15) is 0 Å². The van der Waals surface area contributed by atoms with E-state index < -0.39 is 7.12 Å². The van der Waals surface area contributed by atoms with Crippen molar-refractivity contribution in [1.29, 1.82) is 0 Å². The molecule has 1 aromatic rings. The lowest BCUT2D eigenvalue weighted by Crippen LogP contribution is -2.31. The van der Waals surface area contributed by atoms with Crippen LogP contribution < -0.4 is 10.4 Å². The molecule has 0 amide bonds. The van der Waals surface area contributed by atoms with Crippen molar-refractivity contribution in [2.45, 2.75) is 27.2 Å². The Hall–Kier alpha value is -0.995. The Morgan fingerprint density at radius 2 is 1.75 bits per heavy atom. The molecule has 0 bridgehead atoms. The van der Waals surface area contributed by atoms with Gasteiger partial charge in [-0.1, -0.05) is 19.1 Å². The first kappa shape index (κ1) is 13.1. The van der Waals surface area contributed by atoms with Gasteiger partial charge in [0.15, 0.2) is 0 Å². The van der Waals surface area contributed by atoms with Gasteiger partial charge in [-0.05, 0) is 37.4 Å². The van der Waals surface area contributed by atoms with E-state index in [1.54, 1.807) is 6.07 Å². The SMILES string of the molecule is CCc1cc(B(O)O)ccc1N(CC)CC. The van der Waals surface area contributed by atoms with Crippen molar-refractivity contribution < 1.29 is 10.0 Å². The predicted molar refractivity (Wildman–Crippen MR) is 69.2 cm³/mol. The van der Waals surface area contributed by atoms with Crippen LogP contribution in [0.15, 0.2) is 18.2 Å². The van der Waals surface area contributed by atoms with Gasteiger partial charge in [-0.15, -0.1) is 0 Å². The Morgan fingerprint density at radius 3 is 2.19 bits per heavy atom. The molecule has 0 aliphatic rings. The van der Waals surface area contributed by atoms with Crippen molar-refractivity contribution >= 4 is 18.3 Å². The lowest BCUT2D eigenvalue weighted by Gasteiger charge is -2.24. The van der Waals surface area contributed by atoms with Crippen LogP contribution in [0.25, 0.3) is 0 Å². The second kappa shape index (κ2) is 5.92. The molecule has 2 N–H and O–H groups in total. The van der Waals surface area contributed by atoms with Crippen molar-refractivity contribution in [1.82, 2.24) is 0 Å². The van der Waals surface area contributed by atoms with Gasteiger partial charge in [0.2, 0.25) is 0 Å². The molecule has 16 heavy (non-hydrogen) atoms. The van der Waals surface area contributed by atoms with E-state index in [0.29, 0.717) is 5.46 Å². The van der Waals surface area contributed by atoms with Gasteiger partial charge in [0.25, 0.3) is 0 Å². The summed E-state index contributed by atoms with van der Waals surface area (Å²) in [5, 5.41) is 18.3. The third-order valence-electron chi connectivity index (χ3n) is 2.89. The number of hydrogen-bond donors (Lipinski definition) is 2. The Kier molecular flexibility index (Phi) is 4.84. The minimum atomic E-state index is -1.38. The molecule has 3 nitrogen and oxygen atoms in total. The molecule has 0 aliphatic carbocycles. The fourth-order valence-electron chi connectivity index (χ4n) is 1.92. The fraction of sp³-hybridized carbons (Fsp3) is 0.500. The number of rotatable bonds is 5. The fourth-order valence-corrected chi connectivity index (χ4v) is 1.92. The van der Waals surface area contributed by atoms with Crippen LogP contribution in [0.1, 0.15) is 26.3 Å². The average molecular weight is 221 g/mol. The zero-order valence-electron chi connectivity index (χ0n) is 10.3. The summed E-state index contributed by atoms with van der Waals surface area (Å²) in [5.41, 5.74) is 2.92. The van der Waals surface area contributed by atoms with E-state index in [0.717, 1.165) is 25.1 Å². The van der Waals surface area contributed by atoms with Crippen LogP contribution in [0.4, 0.5) is 5.69 Å². The van der Waals surface area contributed by atoms with E-state index >= 15 is 0 Å². The molecule has 0 atom stereocenters. The summed E-state index contributed by atoms with van der Waals surface area (Å²) < 4.78 is 0. The molecule has 0 saturated heterocycles. The molecule has 0 saturated carbocycles. The van der Waals surface area contributed by atoms with E-state index in [1.165, 1.54) is 5.69 Å². The highest BCUT2D eigenvalue weighted by molar-refractivity contribution is 6.58. The van der Waals surface area contributed by atoms with Crippen molar-refractivity contribution in [2.75, 3.05) is 18.0 Å². The summed E-state index contributed by atoms with van der Waals surface area (Å²) in [5.74, 6) is 0. The van der Waals surface area contributed by atoms with Crippen LogP contribution >= 0.6 is 0 Å². The van der Waals surface area contributed by atoms with Gasteiger partial charge in [-0.2, -0.15) is 0 Å². The molecule has 0 unspecified atom stereocenters.